The first-order valence-electron chi connectivity index (χ1n) is 6.69. The second kappa shape index (κ2) is 7.09. The SMILES string of the molecule is NCCCCCCc1nc(-c2ccc(F)c(F)c2)no1. The van der Waals surface area contributed by atoms with E-state index < -0.39 is 11.6 Å². The molecule has 0 aliphatic rings. The van der Waals surface area contributed by atoms with Gasteiger partial charge in [-0.25, -0.2) is 8.78 Å². The van der Waals surface area contributed by atoms with Crippen LogP contribution < -0.4 is 5.73 Å². The zero-order chi connectivity index (χ0) is 14.4. The third-order valence-corrected chi connectivity index (χ3v) is 2.99. The van der Waals surface area contributed by atoms with Crippen LogP contribution in [-0.2, 0) is 6.42 Å². The van der Waals surface area contributed by atoms with E-state index in [1.165, 1.54) is 6.07 Å². The Kier molecular flexibility index (Phi) is 5.17. The smallest absolute Gasteiger partial charge is 0.226 e. The molecule has 0 aliphatic carbocycles. The van der Waals surface area contributed by atoms with Crippen molar-refractivity contribution in [1.29, 1.82) is 0 Å². The van der Waals surface area contributed by atoms with Crippen LogP contribution in [-0.4, -0.2) is 16.7 Å². The number of nitrogens with zero attached hydrogens (tertiary/aromatic N) is 2. The van der Waals surface area contributed by atoms with E-state index in [4.69, 9.17) is 10.3 Å². The maximum Gasteiger partial charge on any atom is 0.226 e. The molecule has 0 spiro atoms. The number of aromatic nitrogens is 2. The van der Waals surface area contributed by atoms with Crippen LogP contribution in [0.25, 0.3) is 11.4 Å². The lowest BCUT2D eigenvalue weighted by Gasteiger charge is -1.96. The number of aryl methyl sites for hydroxylation is 1. The number of halogens is 2. The largest absolute Gasteiger partial charge is 0.339 e. The molecule has 108 valence electrons. The molecule has 0 radical (unpaired) electrons. The first-order valence-corrected chi connectivity index (χ1v) is 6.69. The lowest BCUT2D eigenvalue weighted by molar-refractivity contribution is 0.374. The van der Waals surface area contributed by atoms with Crippen molar-refractivity contribution in [3.8, 4) is 11.4 Å². The molecule has 1 aromatic carbocycles. The van der Waals surface area contributed by atoms with Crippen molar-refractivity contribution in [2.75, 3.05) is 6.54 Å². The van der Waals surface area contributed by atoms with Crippen LogP contribution in [0.2, 0.25) is 0 Å². The zero-order valence-corrected chi connectivity index (χ0v) is 11.1. The van der Waals surface area contributed by atoms with Crippen LogP contribution in [0.4, 0.5) is 8.78 Å². The molecule has 4 nitrogen and oxygen atoms in total. The summed E-state index contributed by atoms with van der Waals surface area (Å²) in [6.07, 6.45) is 4.78. The molecule has 2 rings (SSSR count). The summed E-state index contributed by atoms with van der Waals surface area (Å²) in [5.41, 5.74) is 5.82. The van der Waals surface area contributed by atoms with Gasteiger partial charge in [-0.3, -0.25) is 0 Å². The highest BCUT2D eigenvalue weighted by Crippen LogP contribution is 2.19. The molecule has 0 unspecified atom stereocenters. The lowest BCUT2D eigenvalue weighted by Crippen LogP contribution is -1.97. The van der Waals surface area contributed by atoms with E-state index in [1.54, 1.807) is 0 Å². The molecular formula is C14H17F2N3O. The minimum atomic E-state index is -0.921. The van der Waals surface area contributed by atoms with Gasteiger partial charge in [-0.05, 0) is 37.6 Å². The Labute approximate surface area is 116 Å². The molecule has 0 fully saturated rings. The highest BCUT2D eigenvalue weighted by Gasteiger charge is 2.11. The number of benzene rings is 1. The van der Waals surface area contributed by atoms with Gasteiger partial charge in [0.15, 0.2) is 11.6 Å². The monoisotopic (exact) mass is 281 g/mol. The van der Waals surface area contributed by atoms with Crippen molar-refractivity contribution in [2.45, 2.75) is 32.1 Å². The van der Waals surface area contributed by atoms with Crippen LogP contribution in [0.5, 0.6) is 0 Å². The van der Waals surface area contributed by atoms with Gasteiger partial charge in [0.05, 0.1) is 0 Å². The maximum absolute atomic E-state index is 13.1. The molecule has 0 saturated carbocycles. The summed E-state index contributed by atoms with van der Waals surface area (Å²) < 4.78 is 31.1. The third kappa shape index (κ3) is 3.84. The van der Waals surface area contributed by atoms with Crippen molar-refractivity contribution in [1.82, 2.24) is 10.1 Å². The predicted octanol–water partition coefficient (Wildman–Crippen LogP) is 3.08. The molecule has 1 aromatic heterocycles. The molecule has 20 heavy (non-hydrogen) atoms. The van der Waals surface area contributed by atoms with Gasteiger partial charge in [0.25, 0.3) is 0 Å². The van der Waals surface area contributed by atoms with Crippen molar-refractivity contribution in [3.05, 3.63) is 35.7 Å². The van der Waals surface area contributed by atoms with Gasteiger partial charge in [-0.1, -0.05) is 18.0 Å². The van der Waals surface area contributed by atoms with Gasteiger partial charge in [0.2, 0.25) is 11.7 Å². The van der Waals surface area contributed by atoms with E-state index in [2.05, 4.69) is 10.1 Å². The fraction of sp³-hybridized carbons (Fsp3) is 0.429. The third-order valence-electron chi connectivity index (χ3n) is 2.99. The zero-order valence-electron chi connectivity index (χ0n) is 11.1. The van der Waals surface area contributed by atoms with Gasteiger partial charge in [0, 0.05) is 12.0 Å². The molecule has 0 amide bonds. The summed E-state index contributed by atoms with van der Waals surface area (Å²) in [6.45, 7) is 0.709. The van der Waals surface area contributed by atoms with Gasteiger partial charge in [0.1, 0.15) is 0 Å². The maximum atomic E-state index is 13.1. The number of rotatable bonds is 7. The summed E-state index contributed by atoms with van der Waals surface area (Å²) in [6, 6.07) is 3.53. The van der Waals surface area contributed by atoms with Crippen molar-refractivity contribution >= 4 is 0 Å². The first-order chi connectivity index (χ1) is 9.70. The Balaban J connectivity index is 1.93. The van der Waals surface area contributed by atoms with Crippen LogP contribution in [0.1, 0.15) is 31.6 Å². The quantitative estimate of drug-likeness (QED) is 0.792. The van der Waals surface area contributed by atoms with Crippen molar-refractivity contribution in [3.63, 3.8) is 0 Å². The van der Waals surface area contributed by atoms with Crippen LogP contribution in [0.3, 0.4) is 0 Å². The summed E-state index contributed by atoms with van der Waals surface area (Å²) in [7, 11) is 0. The van der Waals surface area contributed by atoms with Crippen LogP contribution in [0, 0.1) is 11.6 Å². The molecule has 2 aromatic rings. The van der Waals surface area contributed by atoms with Crippen molar-refractivity contribution in [2.24, 2.45) is 5.73 Å². The van der Waals surface area contributed by atoms with E-state index in [1.807, 2.05) is 0 Å². The number of unbranched alkanes of at least 4 members (excludes halogenated alkanes) is 3. The van der Waals surface area contributed by atoms with Gasteiger partial charge < -0.3 is 10.3 Å². The topological polar surface area (TPSA) is 64.9 Å². The molecular weight excluding hydrogens is 264 g/mol. The second-order valence-corrected chi connectivity index (χ2v) is 4.59. The normalized spacial score (nSPS) is 10.9. The molecule has 2 N–H and O–H groups in total. The van der Waals surface area contributed by atoms with E-state index in [0.717, 1.165) is 37.8 Å². The van der Waals surface area contributed by atoms with E-state index >= 15 is 0 Å². The van der Waals surface area contributed by atoms with Crippen LogP contribution in [0.15, 0.2) is 22.7 Å². The lowest BCUT2D eigenvalue weighted by atomic mass is 10.1. The van der Waals surface area contributed by atoms with Crippen LogP contribution >= 0.6 is 0 Å². The minimum absolute atomic E-state index is 0.279. The molecule has 0 saturated heterocycles. The second-order valence-electron chi connectivity index (χ2n) is 4.59. The Hall–Kier alpha value is -1.82. The summed E-state index contributed by atoms with van der Waals surface area (Å²) >= 11 is 0. The predicted molar refractivity (Wildman–Crippen MR) is 70.9 cm³/mol. The Morgan fingerprint density at radius 3 is 2.60 bits per heavy atom. The molecule has 0 aliphatic heterocycles. The van der Waals surface area contributed by atoms with Crippen molar-refractivity contribution < 1.29 is 13.3 Å². The molecule has 1 heterocycles. The number of hydrogen-bond acceptors (Lipinski definition) is 4. The Morgan fingerprint density at radius 1 is 1.05 bits per heavy atom. The highest BCUT2D eigenvalue weighted by molar-refractivity contribution is 5.54. The number of hydrogen-bond donors (Lipinski definition) is 1. The van der Waals surface area contributed by atoms with Gasteiger partial charge in [-0.15, -0.1) is 0 Å². The summed E-state index contributed by atoms with van der Waals surface area (Å²) in [4.78, 5) is 4.18. The molecule has 0 bridgehead atoms. The fourth-order valence-corrected chi connectivity index (χ4v) is 1.88. The average molecular weight is 281 g/mol. The van der Waals surface area contributed by atoms with Gasteiger partial charge in [-0.2, -0.15) is 4.98 Å². The minimum Gasteiger partial charge on any atom is -0.339 e. The average Bonchev–Trinajstić information content (AvgIpc) is 2.90. The first kappa shape index (κ1) is 14.6. The molecule has 0 atom stereocenters. The Morgan fingerprint density at radius 2 is 1.85 bits per heavy atom. The summed E-state index contributed by atoms with van der Waals surface area (Å²) in [5.74, 6) is -1.02. The van der Waals surface area contributed by atoms with E-state index in [9.17, 15) is 8.78 Å². The summed E-state index contributed by atoms with van der Waals surface area (Å²) in [5, 5.41) is 3.78. The standard InChI is InChI=1S/C14H17F2N3O/c15-11-7-6-10(9-12(11)16)14-18-13(20-19-14)5-3-1-2-4-8-17/h6-7,9H,1-5,8,17H2. The Bertz CT molecular complexity index is 557. The number of nitrogens with two attached hydrogens (primary N) is 1. The van der Waals surface area contributed by atoms with E-state index in [-0.39, 0.29) is 5.82 Å². The molecule has 6 heteroatoms. The fourth-order valence-electron chi connectivity index (χ4n) is 1.88. The van der Waals surface area contributed by atoms with Gasteiger partial charge >= 0.3 is 0 Å². The van der Waals surface area contributed by atoms with E-state index in [0.29, 0.717) is 24.4 Å². The highest BCUT2D eigenvalue weighted by atomic mass is 19.2.